The van der Waals surface area contributed by atoms with E-state index in [2.05, 4.69) is 4.72 Å². The molecular formula is C15H23NO4S. The molecule has 1 atom stereocenters. The summed E-state index contributed by atoms with van der Waals surface area (Å²) in [6.07, 6.45) is 2.82. The molecule has 0 spiro atoms. The second kappa shape index (κ2) is 7.24. The first-order chi connectivity index (χ1) is 10.0. The van der Waals surface area contributed by atoms with E-state index in [1.54, 1.807) is 18.2 Å². The van der Waals surface area contributed by atoms with E-state index in [1.165, 1.54) is 0 Å². The zero-order chi connectivity index (χ0) is 15.3. The van der Waals surface area contributed by atoms with Crippen LogP contribution in [0.25, 0.3) is 0 Å². The molecule has 0 aliphatic carbocycles. The van der Waals surface area contributed by atoms with E-state index >= 15 is 0 Å². The number of ether oxygens (including phenoxy) is 2. The largest absolute Gasteiger partial charge is 0.493 e. The van der Waals surface area contributed by atoms with Gasteiger partial charge >= 0.3 is 0 Å². The lowest BCUT2D eigenvalue weighted by molar-refractivity contribution is 0.114. The molecule has 0 aromatic heterocycles. The van der Waals surface area contributed by atoms with E-state index in [1.807, 2.05) is 13.8 Å². The van der Waals surface area contributed by atoms with Crippen molar-refractivity contribution in [1.29, 1.82) is 0 Å². The summed E-state index contributed by atoms with van der Waals surface area (Å²) in [5, 5.41) is 0. The molecule has 0 saturated carbocycles. The normalized spacial score (nSPS) is 18.9. The van der Waals surface area contributed by atoms with Crippen LogP contribution in [-0.2, 0) is 14.8 Å². The van der Waals surface area contributed by atoms with E-state index in [9.17, 15) is 8.42 Å². The Hall–Kier alpha value is -1.11. The van der Waals surface area contributed by atoms with Crippen molar-refractivity contribution in [3.8, 4) is 5.75 Å². The van der Waals surface area contributed by atoms with Crippen molar-refractivity contribution in [3.63, 3.8) is 0 Å². The fourth-order valence-electron chi connectivity index (χ4n) is 2.25. The van der Waals surface area contributed by atoms with Crippen LogP contribution in [0.1, 0.15) is 31.7 Å². The van der Waals surface area contributed by atoms with Gasteiger partial charge in [0.2, 0.25) is 10.0 Å². The van der Waals surface area contributed by atoms with Crippen molar-refractivity contribution in [3.05, 3.63) is 23.8 Å². The Morgan fingerprint density at radius 2 is 2.24 bits per heavy atom. The van der Waals surface area contributed by atoms with Crippen LogP contribution in [-0.4, -0.2) is 34.3 Å². The van der Waals surface area contributed by atoms with Gasteiger partial charge in [0.25, 0.3) is 0 Å². The third kappa shape index (κ3) is 4.43. The Morgan fingerprint density at radius 3 is 2.86 bits per heavy atom. The third-order valence-corrected chi connectivity index (χ3v) is 4.86. The minimum absolute atomic E-state index is 0.00645. The lowest BCUT2D eigenvalue weighted by Crippen LogP contribution is -2.31. The van der Waals surface area contributed by atoms with Crippen LogP contribution in [0.4, 0.5) is 0 Å². The van der Waals surface area contributed by atoms with Crippen LogP contribution in [0, 0.1) is 6.92 Å². The molecule has 6 heteroatoms. The van der Waals surface area contributed by atoms with Gasteiger partial charge in [0.15, 0.2) is 0 Å². The Bertz CT molecular complexity index is 565. The highest BCUT2D eigenvalue weighted by Crippen LogP contribution is 2.22. The fourth-order valence-corrected chi connectivity index (χ4v) is 3.41. The monoisotopic (exact) mass is 313 g/mol. The summed E-state index contributed by atoms with van der Waals surface area (Å²) in [7, 11) is -3.49. The van der Waals surface area contributed by atoms with Gasteiger partial charge < -0.3 is 9.47 Å². The lowest BCUT2D eigenvalue weighted by atomic mass is 10.2. The van der Waals surface area contributed by atoms with Crippen molar-refractivity contribution < 1.29 is 17.9 Å². The van der Waals surface area contributed by atoms with Crippen molar-refractivity contribution in [2.45, 2.75) is 44.1 Å². The molecule has 21 heavy (non-hydrogen) atoms. The zero-order valence-corrected chi connectivity index (χ0v) is 13.4. The SMILES string of the molecule is CCCOc1ccc(S(=O)(=O)NC[C@H]2CCCO2)cc1C. The van der Waals surface area contributed by atoms with Crippen LogP contribution in [0.3, 0.4) is 0 Å². The molecule has 1 aliphatic rings. The topological polar surface area (TPSA) is 64.6 Å². The number of sulfonamides is 1. The summed E-state index contributed by atoms with van der Waals surface area (Å²) in [4.78, 5) is 0.266. The van der Waals surface area contributed by atoms with Gasteiger partial charge in [0.1, 0.15) is 5.75 Å². The molecule has 0 bridgehead atoms. The maximum atomic E-state index is 12.3. The van der Waals surface area contributed by atoms with E-state index in [0.717, 1.165) is 37.2 Å². The van der Waals surface area contributed by atoms with Crippen LogP contribution >= 0.6 is 0 Å². The van der Waals surface area contributed by atoms with Crippen LogP contribution in [0.15, 0.2) is 23.1 Å². The molecule has 0 radical (unpaired) electrons. The van der Waals surface area contributed by atoms with Crippen molar-refractivity contribution >= 4 is 10.0 Å². The smallest absolute Gasteiger partial charge is 0.240 e. The fraction of sp³-hybridized carbons (Fsp3) is 0.600. The number of hydrogen-bond acceptors (Lipinski definition) is 4. The Morgan fingerprint density at radius 1 is 1.43 bits per heavy atom. The Labute approximate surface area is 126 Å². The first kappa shape index (κ1) is 16.3. The van der Waals surface area contributed by atoms with Crippen LogP contribution in [0.2, 0.25) is 0 Å². The van der Waals surface area contributed by atoms with E-state index < -0.39 is 10.0 Å². The molecular weight excluding hydrogens is 290 g/mol. The molecule has 2 rings (SSSR count). The highest BCUT2D eigenvalue weighted by molar-refractivity contribution is 7.89. The van der Waals surface area contributed by atoms with Gasteiger partial charge in [-0.1, -0.05) is 6.92 Å². The summed E-state index contributed by atoms with van der Waals surface area (Å²) >= 11 is 0. The molecule has 118 valence electrons. The van der Waals surface area contributed by atoms with E-state index in [4.69, 9.17) is 9.47 Å². The quantitative estimate of drug-likeness (QED) is 0.838. The van der Waals surface area contributed by atoms with Crippen LogP contribution < -0.4 is 9.46 Å². The van der Waals surface area contributed by atoms with Gasteiger partial charge in [-0.2, -0.15) is 0 Å². The summed E-state index contributed by atoms with van der Waals surface area (Å²) in [5.74, 6) is 0.731. The van der Waals surface area contributed by atoms with Gasteiger partial charge in [0.05, 0.1) is 17.6 Å². The van der Waals surface area contributed by atoms with Gasteiger partial charge in [-0.25, -0.2) is 13.1 Å². The predicted molar refractivity (Wildman–Crippen MR) is 81.1 cm³/mol. The van der Waals surface area contributed by atoms with E-state index in [0.29, 0.717) is 13.2 Å². The van der Waals surface area contributed by atoms with Gasteiger partial charge in [0, 0.05) is 13.2 Å². The zero-order valence-electron chi connectivity index (χ0n) is 12.6. The molecule has 1 aromatic carbocycles. The summed E-state index contributed by atoms with van der Waals surface area (Å²) in [5.41, 5.74) is 0.823. The second-order valence-corrected chi connectivity index (χ2v) is 7.03. The predicted octanol–water partition coefficient (Wildman–Crippen LogP) is 2.24. The van der Waals surface area contributed by atoms with Gasteiger partial charge in [-0.15, -0.1) is 0 Å². The lowest BCUT2D eigenvalue weighted by Gasteiger charge is -2.13. The average molecular weight is 313 g/mol. The molecule has 1 fully saturated rings. The number of nitrogens with one attached hydrogen (secondary N) is 1. The first-order valence-corrected chi connectivity index (χ1v) is 8.86. The van der Waals surface area contributed by atoms with Crippen molar-refractivity contribution in [1.82, 2.24) is 4.72 Å². The molecule has 1 saturated heterocycles. The summed E-state index contributed by atoms with van der Waals surface area (Å²) in [6, 6.07) is 4.93. The Balaban J connectivity index is 2.03. The highest BCUT2D eigenvalue weighted by Gasteiger charge is 2.20. The third-order valence-electron chi connectivity index (χ3n) is 3.44. The maximum absolute atomic E-state index is 12.3. The minimum atomic E-state index is -3.49. The molecule has 1 N–H and O–H groups in total. The average Bonchev–Trinajstić information content (AvgIpc) is 2.97. The Kier molecular flexibility index (Phi) is 5.61. The molecule has 5 nitrogen and oxygen atoms in total. The summed E-state index contributed by atoms with van der Waals surface area (Å²) < 4.78 is 38.1. The number of benzene rings is 1. The second-order valence-electron chi connectivity index (χ2n) is 5.26. The highest BCUT2D eigenvalue weighted by atomic mass is 32.2. The maximum Gasteiger partial charge on any atom is 0.240 e. The van der Waals surface area contributed by atoms with Crippen LogP contribution in [0.5, 0.6) is 5.75 Å². The van der Waals surface area contributed by atoms with Crippen molar-refractivity contribution in [2.24, 2.45) is 0 Å². The number of rotatable bonds is 7. The molecule has 1 aliphatic heterocycles. The molecule has 0 unspecified atom stereocenters. The number of aryl methyl sites for hydroxylation is 1. The summed E-state index contributed by atoms with van der Waals surface area (Å²) in [6.45, 7) is 5.56. The van der Waals surface area contributed by atoms with Gasteiger partial charge in [-0.3, -0.25) is 0 Å². The van der Waals surface area contributed by atoms with E-state index in [-0.39, 0.29) is 11.0 Å². The molecule has 0 amide bonds. The molecule has 1 aromatic rings. The molecule has 1 heterocycles. The minimum Gasteiger partial charge on any atom is -0.493 e. The van der Waals surface area contributed by atoms with Crippen molar-refractivity contribution in [2.75, 3.05) is 19.8 Å². The number of hydrogen-bond donors (Lipinski definition) is 1. The van der Waals surface area contributed by atoms with Gasteiger partial charge in [-0.05, 0) is 49.9 Å². The standard InChI is InChI=1S/C15H23NO4S/c1-3-8-20-15-7-6-14(10-12(15)2)21(17,18)16-11-13-5-4-9-19-13/h6-7,10,13,16H,3-5,8-9,11H2,1-2H3/t13-/m1/s1. The first-order valence-electron chi connectivity index (χ1n) is 7.37.